The molecule has 54 heavy (non-hydrogen) atoms. The first kappa shape index (κ1) is 38.0. The van der Waals surface area contributed by atoms with E-state index in [0.717, 1.165) is 60.5 Å². The third-order valence-corrected chi connectivity index (χ3v) is 9.02. The van der Waals surface area contributed by atoms with Crippen LogP contribution < -0.4 is 14.2 Å². The minimum atomic E-state index is -1.07. The fraction of sp³-hybridized carbons (Fsp3) is 0.227. The second kappa shape index (κ2) is 19.9. The Hall–Kier alpha value is -5.79. The van der Waals surface area contributed by atoms with E-state index in [0.29, 0.717) is 12.4 Å². The maximum Gasteiger partial charge on any atom is 0.539 e. The number of nitrogens with zero attached hydrogens (tertiary/aromatic N) is 3. The lowest BCUT2D eigenvalue weighted by Crippen LogP contribution is -2.48. The molecular weight excluding hydrogens is 702 g/mol. The Balaban J connectivity index is 0.930. The predicted molar refractivity (Wildman–Crippen MR) is 209 cm³/mol. The minimum absolute atomic E-state index is 0.0330. The number of amides is 1. The standard InChI is InChI=1S/C44H42ClN3O6/c45-38-24-22-37(23-25-38)42(36-14-4-1-5-15-36)47-32-30-46(31-33-47)28-12-34-51-39-26-20-35(21-27-39)13-10-11-29-48(43(49)52-40-16-6-2-7-17-40)54-44(50)53-41-18-8-3-9-19-41/h1-9,14-27,42H,11-12,28-34H2/t42-/m1/s1. The van der Waals surface area contributed by atoms with E-state index in [4.69, 9.17) is 30.6 Å². The van der Waals surface area contributed by atoms with E-state index in [2.05, 4.69) is 64.1 Å². The highest BCUT2D eigenvalue weighted by atomic mass is 35.5. The zero-order valence-corrected chi connectivity index (χ0v) is 30.6. The summed E-state index contributed by atoms with van der Waals surface area (Å²) < 4.78 is 16.6. The van der Waals surface area contributed by atoms with Crippen LogP contribution in [0.25, 0.3) is 0 Å². The maximum atomic E-state index is 12.8. The van der Waals surface area contributed by atoms with Crippen molar-refractivity contribution in [2.75, 3.05) is 45.9 Å². The molecule has 0 aliphatic carbocycles. The summed E-state index contributed by atoms with van der Waals surface area (Å²) in [6.45, 7) is 5.52. The summed E-state index contributed by atoms with van der Waals surface area (Å²) in [5.74, 6) is 7.47. The number of hydrogen-bond acceptors (Lipinski definition) is 8. The topological polar surface area (TPSA) is 80.8 Å². The van der Waals surface area contributed by atoms with Crippen molar-refractivity contribution < 1.29 is 28.6 Å². The molecule has 0 unspecified atom stereocenters. The fourth-order valence-electron chi connectivity index (χ4n) is 6.08. The zero-order valence-electron chi connectivity index (χ0n) is 29.9. The lowest BCUT2D eigenvalue weighted by molar-refractivity contribution is -0.0880. The minimum Gasteiger partial charge on any atom is -0.494 e. The van der Waals surface area contributed by atoms with Gasteiger partial charge in [0.25, 0.3) is 0 Å². The molecule has 0 bridgehead atoms. The number of hydroxylamine groups is 2. The second-order valence-corrected chi connectivity index (χ2v) is 13.0. The van der Waals surface area contributed by atoms with Gasteiger partial charge in [0.1, 0.15) is 17.2 Å². The normalized spacial score (nSPS) is 13.5. The van der Waals surface area contributed by atoms with Crippen LogP contribution in [-0.4, -0.2) is 73.0 Å². The van der Waals surface area contributed by atoms with Crippen LogP contribution in [0.4, 0.5) is 9.59 Å². The van der Waals surface area contributed by atoms with Crippen LogP contribution in [0.2, 0.25) is 5.02 Å². The zero-order chi connectivity index (χ0) is 37.4. The average Bonchev–Trinajstić information content (AvgIpc) is 3.21. The first-order chi connectivity index (χ1) is 26.5. The summed E-state index contributed by atoms with van der Waals surface area (Å²) in [4.78, 5) is 35.5. The first-order valence-electron chi connectivity index (χ1n) is 18.0. The van der Waals surface area contributed by atoms with Crippen LogP contribution in [0.5, 0.6) is 17.2 Å². The molecular formula is C44H42ClN3O6. The number of carbonyl (C=O) groups excluding carboxylic acids is 2. The molecule has 1 amide bonds. The Morgan fingerprint density at radius 2 is 1.28 bits per heavy atom. The van der Waals surface area contributed by atoms with Gasteiger partial charge < -0.3 is 19.1 Å². The summed E-state index contributed by atoms with van der Waals surface area (Å²) >= 11 is 6.20. The Morgan fingerprint density at radius 1 is 0.685 bits per heavy atom. The van der Waals surface area contributed by atoms with Crippen LogP contribution in [-0.2, 0) is 4.84 Å². The molecule has 1 atom stereocenters. The van der Waals surface area contributed by atoms with E-state index >= 15 is 0 Å². The van der Waals surface area contributed by atoms with E-state index in [9.17, 15) is 9.59 Å². The van der Waals surface area contributed by atoms with Gasteiger partial charge in [-0.2, -0.15) is 0 Å². The molecule has 6 rings (SSSR count). The summed E-state index contributed by atoms with van der Waals surface area (Å²) in [5.41, 5.74) is 3.33. The van der Waals surface area contributed by atoms with Gasteiger partial charge in [0.2, 0.25) is 0 Å². The number of hydrogen-bond donors (Lipinski definition) is 0. The SMILES string of the molecule is O=C(Oc1ccccc1)ON(CCC#Cc1ccc(OCCCN2CCN([C@H](c3ccccc3)c3ccc(Cl)cc3)CC2)cc1)C(=O)Oc1ccccc1. The molecule has 0 aromatic heterocycles. The molecule has 1 aliphatic heterocycles. The molecule has 1 fully saturated rings. The lowest BCUT2D eigenvalue weighted by Gasteiger charge is -2.39. The van der Waals surface area contributed by atoms with Crippen LogP contribution in [0.3, 0.4) is 0 Å². The second-order valence-electron chi connectivity index (χ2n) is 12.6. The van der Waals surface area contributed by atoms with Crippen LogP contribution in [0.15, 0.2) is 140 Å². The molecule has 5 aromatic rings. The van der Waals surface area contributed by atoms with E-state index in [1.807, 2.05) is 36.4 Å². The third-order valence-electron chi connectivity index (χ3n) is 8.77. The van der Waals surface area contributed by atoms with E-state index in [1.54, 1.807) is 60.7 Å². The Kier molecular flexibility index (Phi) is 14.0. The molecule has 5 aromatic carbocycles. The molecule has 0 N–H and O–H groups in total. The van der Waals surface area contributed by atoms with Crippen LogP contribution in [0.1, 0.15) is 35.6 Å². The highest BCUT2D eigenvalue weighted by molar-refractivity contribution is 6.30. The number of benzene rings is 5. The first-order valence-corrected chi connectivity index (χ1v) is 18.4. The van der Waals surface area contributed by atoms with Crippen LogP contribution >= 0.6 is 11.6 Å². The van der Waals surface area contributed by atoms with Crippen molar-refractivity contribution in [1.82, 2.24) is 14.9 Å². The lowest BCUT2D eigenvalue weighted by atomic mass is 9.96. The Labute approximate surface area is 321 Å². The highest BCUT2D eigenvalue weighted by Crippen LogP contribution is 2.30. The van der Waals surface area contributed by atoms with Gasteiger partial charge >= 0.3 is 12.2 Å². The molecule has 10 heteroatoms. The van der Waals surface area contributed by atoms with Crippen molar-refractivity contribution in [1.29, 1.82) is 0 Å². The number of rotatable bonds is 12. The van der Waals surface area contributed by atoms with E-state index in [1.165, 1.54) is 11.1 Å². The average molecular weight is 744 g/mol. The molecule has 9 nitrogen and oxygen atoms in total. The van der Waals surface area contributed by atoms with Crippen molar-refractivity contribution in [2.24, 2.45) is 0 Å². The highest BCUT2D eigenvalue weighted by Gasteiger charge is 2.26. The summed E-state index contributed by atoms with van der Waals surface area (Å²) in [6, 6.07) is 43.6. The Bertz CT molecular complexity index is 1960. The van der Waals surface area contributed by atoms with Gasteiger partial charge in [-0.25, -0.2) is 9.59 Å². The smallest absolute Gasteiger partial charge is 0.494 e. The number of ether oxygens (including phenoxy) is 3. The van der Waals surface area contributed by atoms with Gasteiger partial charge in [-0.05, 0) is 78.2 Å². The fourth-order valence-corrected chi connectivity index (χ4v) is 6.21. The summed E-state index contributed by atoms with van der Waals surface area (Å²) in [7, 11) is 0. The van der Waals surface area contributed by atoms with Crippen molar-refractivity contribution >= 4 is 23.8 Å². The summed E-state index contributed by atoms with van der Waals surface area (Å²) in [5, 5.41) is 1.55. The molecule has 1 heterocycles. The molecule has 276 valence electrons. The van der Waals surface area contributed by atoms with Gasteiger partial charge in [-0.3, -0.25) is 9.74 Å². The largest absolute Gasteiger partial charge is 0.539 e. The Morgan fingerprint density at radius 3 is 1.93 bits per heavy atom. The molecule has 0 saturated carbocycles. The molecule has 1 saturated heterocycles. The van der Waals surface area contributed by atoms with Gasteiger partial charge in [0.15, 0.2) is 0 Å². The van der Waals surface area contributed by atoms with Gasteiger partial charge in [0.05, 0.1) is 19.2 Å². The molecule has 0 radical (unpaired) electrons. The monoisotopic (exact) mass is 743 g/mol. The van der Waals surface area contributed by atoms with E-state index < -0.39 is 12.2 Å². The van der Waals surface area contributed by atoms with Crippen molar-refractivity contribution in [3.05, 3.63) is 161 Å². The van der Waals surface area contributed by atoms with Crippen molar-refractivity contribution in [3.8, 4) is 29.1 Å². The molecule has 1 aliphatic rings. The van der Waals surface area contributed by atoms with Crippen LogP contribution in [0, 0.1) is 11.8 Å². The number of halogens is 1. The predicted octanol–water partition coefficient (Wildman–Crippen LogP) is 8.89. The van der Waals surface area contributed by atoms with Crippen molar-refractivity contribution in [3.63, 3.8) is 0 Å². The number of para-hydroxylation sites is 2. The van der Waals surface area contributed by atoms with Gasteiger partial charge in [-0.1, -0.05) is 102 Å². The van der Waals surface area contributed by atoms with Gasteiger partial charge in [0, 0.05) is 49.7 Å². The van der Waals surface area contributed by atoms with Gasteiger partial charge in [-0.15, -0.1) is 5.06 Å². The number of piperazine rings is 1. The third kappa shape index (κ3) is 11.6. The summed E-state index contributed by atoms with van der Waals surface area (Å²) in [6.07, 6.45) is -0.809. The maximum absolute atomic E-state index is 12.8. The number of carbonyl (C=O) groups is 2. The van der Waals surface area contributed by atoms with Crippen molar-refractivity contribution in [2.45, 2.75) is 18.9 Å². The quantitative estimate of drug-likeness (QED) is 0.0412. The molecule has 0 spiro atoms. The van der Waals surface area contributed by atoms with E-state index in [-0.39, 0.29) is 24.8 Å².